The van der Waals surface area contributed by atoms with Gasteiger partial charge >= 0.3 is 5.97 Å². The largest absolute Gasteiger partial charge is 0.496 e. The van der Waals surface area contributed by atoms with E-state index in [-0.39, 0.29) is 17.3 Å². The Bertz CT molecular complexity index is 1330. The van der Waals surface area contributed by atoms with Crippen LogP contribution in [0.25, 0.3) is 6.08 Å². The summed E-state index contributed by atoms with van der Waals surface area (Å²) < 4.78 is 28.1. The summed E-state index contributed by atoms with van der Waals surface area (Å²) in [6.07, 6.45) is 1.58. The van der Waals surface area contributed by atoms with Crippen molar-refractivity contribution in [2.45, 2.75) is 6.92 Å². The summed E-state index contributed by atoms with van der Waals surface area (Å²) in [5.74, 6) is 1.34. The minimum absolute atomic E-state index is 0.109. The lowest BCUT2D eigenvalue weighted by molar-refractivity contribution is 0.0733. The van der Waals surface area contributed by atoms with Gasteiger partial charge in [-0.25, -0.2) is 4.79 Å². The van der Waals surface area contributed by atoms with Gasteiger partial charge < -0.3 is 23.7 Å². The number of carbonyl (C=O) groups excluding carboxylic acids is 2. The summed E-state index contributed by atoms with van der Waals surface area (Å²) in [4.78, 5) is 25.7. The molecule has 34 heavy (non-hydrogen) atoms. The second kappa shape index (κ2) is 9.61. The van der Waals surface area contributed by atoms with Gasteiger partial charge in [0.25, 0.3) is 0 Å². The molecule has 1 aliphatic heterocycles. The molecule has 0 saturated carbocycles. The fourth-order valence-electron chi connectivity index (χ4n) is 3.63. The van der Waals surface area contributed by atoms with Crippen LogP contribution in [0.15, 0.2) is 58.8 Å². The predicted octanol–water partition coefficient (Wildman–Crippen LogP) is 5.62. The zero-order chi connectivity index (χ0) is 24.4. The molecule has 4 rings (SSSR count). The minimum Gasteiger partial charge on any atom is -0.496 e. The third-order valence-electron chi connectivity index (χ3n) is 5.27. The highest BCUT2D eigenvalue weighted by atomic mass is 79.9. The zero-order valence-corrected chi connectivity index (χ0v) is 20.5. The van der Waals surface area contributed by atoms with Crippen LogP contribution in [0.4, 0.5) is 0 Å². The molecule has 0 saturated heterocycles. The van der Waals surface area contributed by atoms with Crippen LogP contribution >= 0.6 is 15.9 Å². The van der Waals surface area contributed by atoms with Crippen molar-refractivity contribution in [3.8, 4) is 28.7 Å². The lowest BCUT2D eigenvalue weighted by atomic mass is 10.0. The molecule has 0 radical (unpaired) electrons. The Balaban J connectivity index is 1.66. The van der Waals surface area contributed by atoms with Crippen LogP contribution in [0.2, 0.25) is 0 Å². The zero-order valence-electron chi connectivity index (χ0n) is 18.9. The number of ketones is 1. The molecule has 0 fully saturated rings. The van der Waals surface area contributed by atoms with E-state index in [2.05, 4.69) is 15.9 Å². The van der Waals surface area contributed by atoms with Gasteiger partial charge in [0.15, 0.2) is 17.3 Å². The highest BCUT2D eigenvalue weighted by molar-refractivity contribution is 9.10. The van der Waals surface area contributed by atoms with Gasteiger partial charge in [0.05, 0.1) is 32.5 Å². The number of esters is 1. The van der Waals surface area contributed by atoms with E-state index in [1.807, 2.05) is 0 Å². The van der Waals surface area contributed by atoms with Gasteiger partial charge in [0.1, 0.15) is 17.2 Å². The summed E-state index contributed by atoms with van der Waals surface area (Å²) in [6, 6.07) is 13.5. The number of fused-ring (bicyclic) bond motifs is 1. The first-order valence-corrected chi connectivity index (χ1v) is 11.0. The lowest BCUT2D eigenvalue weighted by Crippen LogP contribution is -2.09. The number of benzene rings is 3. The maximum atomic E-state index is 13.1. The molecule has 0 aromatic heterocycles. The maximum absolute atomic E-state index is 13.1. The Labute approximate surface area is 205 Å². The second-order valence-electron chi connectivity index (χ2n) is 7.37. The Kier molecular flexibility index (Phi) is 6.61. The molecule has 1 aliphatic rings. The molecule has 0 unspecified atom stereocenters. The number of hydrogen-bond donors (Lipinski definition) is 0. The number of halogens is 1. The quantitative estimate of drug-likeness (QED) is 0.235. The lowest BCUT2D eigenvalue weighted by Gasteiger charge is -2.12. The summed E-state index contributed by atoms with van der Waals surface area (Å²) in [5, 5.41) is 0. The van der Waals surface area contributed by atoms with Crippen molar-refractivity contribution in [3.05, 3.63) is 81.0 Å². The van der Waals surface area contributed by atoms with Crippen LogP contribution in [0.1, 0.15) is 31.8 Å². The van der Waals surface area contributed by atoms with Crippen molar-refractivity contribution in [2.75, 3.05) is 21.3 Å². The number of ether oxygens (including phenoxy) is 5. The highest BCUT2D eigenvalue weighted by Gasteiger charge is 2.31. The number of rotatable bonds is 6. The molecule has 0 amide bonds. The molecule has 174 valence electrons. The second-order valence-corrected chi connectivity index (χ2v) is 8.23. The van der Waals surface area contributed by atoms with Crippen molar-refractivity contribution in [1.82, 2.24) is 0 Å². The standard InChI is InChI=1S/C26H21BrO7/c1-14-9-16(33-26(29)17-7-5-6-8-18(17)27)12-22-24(14)25(28)23(34-22)11-15-10-20(31-3)21(32-4)13-19(15)30-2/h5-13H,1-4H3/b23-11-. The summed E-state index contributed by atoms with van der Waals surface area (Å²) >= 11 is 3.35. The van der Waals surface area contributed by atoms with Crippen molar-refractivity contribution < 1.29 is 33.3 Å². The fraction of sp³-hybridized carbons (Fsp3) is 0.154. The van der Waals surface area contributed by atoms with Gasteiger partial charge in [-0.05, 0) is 58.8 Å². The average Bonchev–Trinajstić information content (AvgIpc) is 3.14. The van der Waals surface area contributed by atoms with Crippen LogP contribution in [0.5, 0.6) is 28.7 Å². The van der Waals surface area contributed by atoms with E-state index in [0.29, 0.717) is 49.7 Å². The Morgan fingerprint density at radius 1 is 0.941 bits per heavy atom. The van der Waals surface area contributed by atoms with Crippen LogP contribution in [0, 0.1) is 6.92 Å². The molecule has 3 aromatic rings. The Morgan fingerprint density at radius 2 is 1.62 bits per heavy atom. The molecule has 0 aliphatic carbocycles. The van der Waals surface area contributed by atoms with Gasteiger partial charge in [-0.15, -0.1) is 0 Å². The van der Waals surface area contributed by atoms with Gasteiger partial charge in [0, 0.05) is 22.2 Å². The molecular formula is C26H21BrO7. The molecule has 0 bridgehead atoms. The number of aryl methyl sites for hydroxylation is 1. The number of hydrogen-bond acceptors (Lipinski definition) is 7. The Morgan fingerprint density at radius 3 is 2.29 bits per heavy atom. The van der Waals surface area contributed by atoms with Crippen molar-refractivity contribution >= 4 is 33.8 Å². The van der Waals surface area contributed by atoms with Crippen LogP contribution in [-0.4, -0.2) is 33.1 Å². The number of methoxy groups -OCH3 is 3. The van der Waals surface area contributed by atoms with Crippen LogP contribution < -0.4 is 23.7 Å². The van der Waals surface area contributed by atoms with Crippen molar-refractivity contribution in [1.29, 1.82) is 0 Å². The van der Waals surface area contributed by atoms with Gasteiger partial charge in [-0.2, -0.15) is 0 Å². The number of allylic oxidation sites excluding steroid dienone is 1. The van der Waals surface area contributed by atoms with E-state index in [4.69, 9.17) is 23.7 Å². The van der Waals surface area contributed by atoms with Crippen LogP contribution in [-0.2, 0) is 0 Å². The third-order valence-corrected chi connectivity index (χ3v) is 5.96. The maximum Gasteiger partial charge on any atom is 0.344 e. The van der Waals surface area contributed by atoms with E-state index in [9.17, 15) is 9.59 Å². The van der Waals surface area contributed by atoms with E-state index >= 15 is 0 Å². The predicted molar refractivity (Wildman–Crippen MR) is 129 cm³/mol. The van der Waals surface area contributed by atoms with Gasteiger partial charge in [-0.1, -0.05) is 12.1 Å². The van der Waals surface area contributed by atoms with Gasteiger partial charge in [-0.3, -0.25) is 4.79 Å². The Hall–Kier alpha value is -3.78. The molecule has 8 heteroatoms. The topological polar surface area (TPSA) is 80.3 Å². The fourth-order valence-corrected chi connectivity index (χ4v) is 4.08. The third kappa shape index (κ3) is 4.36. The minimum atomic E-state index is -0.526. The summed E-state index contributed by atoms with van der Waals surface area (Å²) in [6.45, 7) is 1.76. The number of carbonyl (C=O) groups is 2. The molecule has 7 nitrogen and oxygen atoms in total. The van der Waals surface area contributed by atoms with Crippen molar-refractivity contribution in [3.63, 3.8) is 0 Å². The van der Waals surface area contributed by atoms with E-state index in [1.165, 1.54) is 27.4 Å². The van der Waals surface area contributed by atoms with Crippen LogP contribution in [0.3, 0.4) is 0 Å². The summed E-state index contributed by atoms with van der Waals surface area (Å²) in [7, 11) is 4.57. The van der Waals surface area contributed by atoms with E-state index in [0.717, 1.165) is 0 Å². The first kappa shape index (κ1) is 23.4. The monoisotopic (exact) mass is 524 g/mol. The molecule has 1 heterocycles. The molecule has 0 N–H and O–H groups in total. The molecule has 0 atom stereocenters. The average molecular weight is 525 g/mol. The molecular weight excluding hydrogens is 504 g/mol. The normalized spacial score (nSPS) is 13.3. The van der Waals surface area contributed by atoms with E-state index < -0.39 is 5.97 Å². The molecule has 3 aromatic carbocycles. The smallest absolute Gasteiger partial charge is 0.344 e. The summed E-state index contributed by atoms with van der Waals surface area (Å²) in [5.41, 5.74) is 2.00. The highest BCUT2D eigenvalue weighted by Crippen LogP contribution is 2.40. The molecule has 0 spiro atoms. The SMILES string of the molecule is COc1cc(OC)c(OC)cc1/C=C1\Oc2cc(OC(=O)c3ccccc3Br)cc(C)c2C1=O. The first-order chi connectivity index (χ1) is 16.4. The first-order valence-electron chi connectivity index (χ1n) is 10.2. The van der Waals surface area contributed by atoms with Crippen molar-refractivity contribution in [2.24, 2.45) is 0 Å². The van der Waals surface area contributed by atoms with Gasteiger partial charge in [0.2, 0.25) is 5.78 Å². The number of Topliss-reactive ketones (excluding diaryl/α,β-unsaturated/α-hetero) is 1. The van der Waals surface area contributed by atoms with E-state index in [1.54, 1.807) is 55.5 Å².